The Bertz CT molecular complexity index is 45.3. The van der Waals surface area contributed by atoms with Gasteiger partial charge in [0.25, 0.3) is 0 Å². The molecular formula is C4H12N2O2. The SMILES string of the molecule is CC(NCO)NCO. The Balaban J connectivity index is 2.92. The van der Waals surface area contributed by atoms with Crippen LogP contribution >= 0.6 is 0 Å². The molecule has 0 saturated heterocycles. The summed E-state index contributed by atoms with van der Waals surface area (Å²) in [7, 11) is 0. The Hall–Kier alpha value is -0.160. The second-order valence-electron chi connectivity index (χ2n) is 1.45. The Kier molecular flexibility index (Phi) is 4.89. The van der Waals surface area contributed by atoms with Gasteiger partial charge in [0.2, 0.25) is 0 Å². The van der Waals surface area contributed by atoms with Crippen molar-refractivity contribution in [3.05, 3.63) is 0 Å². The standard InChI is InChI=1S/C4H12N2O2/c1-4(5-2-7)6-3-8/h4-8H,2-3H2,1H3. The molecule has 0 saturated carbocycles. The van der Waals surface area contributed by atoms with E-state index in [0.717, 1.165) is 0 Å². The minimum absolute atomic E-state index is 0.0370. The summed E-state index contributed by atoms with van der Waals surface area (Å²) in [5, 5.41) is 21.7. The Morgan fingerprint density at radius 3 is 1.88 bits per heavy atom. The molecule has 8 heavy (non-hydrogen) atoms. The highest BCUT2D eigenvalue weighted by atomic mass is 16.3. The van der Waals surface area contributed by atoms with Crippen molar-refractivity contribution in [3.8, 4) is 0 Å². The third-order valence-corrected chi connectivity index (χ3v) is 0.795. The lowest BCUT2D eigenvalue weighted by atomic mass is 10.6. The molecule has 0 fully saturated rings. The molecule has 0 aromatic carbocycles. The number of aliphatic hydroxyl groups is 2. The first kappa shape index (κ1) is 7.84. The molecule has 0 aliphatic carbocycles. The zero-order chi connectivity index (χ0) is 6.41. The molecule has 0 aliphatic rings. The monoisotopic (exact) mass is 120 g/mol. The molecule has 0 aromatic heterocycles. The molecule has 4 nitrogen and oxygen atoms in total. The van der Waals surface area contributed by atoms with Crippen LogP contribution in [0.15, 0.2) is 0 Å². The van der Waals surface area contributed by atoms with Crippen LogP contribution in [0.4, 0.5) is 0 Å². The highest BCUT2D eigenvalue weighted by Gasteiger charge is 1.92. The zero-order valence-electron chi connectivity index (χ0n) is 4.89. The van der Waals surface area contributed by atoms with Crippen molar-refractivity contribution in [3.63, 3.8) is 0 Å². The summed E-state index contributed by atoms with van der Waals surface area (Å²) in [6, 6.07) is 0. The van der Waals surface area contributed by atoms with E-state index < -0.39 is 0 Å². The molecule has 0 atom stereocenters. The first-order valence-corrected chi connectivity index (χ1v) is 2.49. The summed E-state index contributed by atoms with van der Waals surface area (Å²) >= 11 is 0. The van der Waals surface area contributed by atoms with E-state index >= 15 is 0 Å². The molecule has 0 heterocycles. The van der Waals surface area contributed by atoms with Gasteiger partial charge in [0.1, 0.15) is 0 Å². The van der Waals surface area contributed by atoms with Gasteiger partial charge in [0.15, 0.2) is 0 Å². The molecule has 0 unspecified atom stereocenters. The Morgan fingerprint density at radius 1 is 1.25 bits per heavy atom. The summed E-state index contributed by atoms with van der Waals surface area (Å²) in [4.78, 5) is 0. The van der Waals surface area contributed by atoms with E-state index in [1.54, 1.807) is 6.92 Å². The number of hydrogen-bond acceptors (Lipinski definition) is 4. The van der Waals surface area contributed by atoms with Crippen LogP contribution < -0.4 is 10.6 Å². The molecule has 0 bridgehead atoms. The summed E-state index contributed by atoms with van der Waals surface area (Å²) in [5.41, 5.74) is 0. The zero-order valence-corrected chi connectivity index (χ0v) is 4.89. The summed E-state index contributed by atoms with van der Waals surface area (Å²) in [6.07, 6.45) is -0.0370. The maximum absolute atomic E-state index is 8.23. The van der Waals surface area contributed by atoms with Gasteiger partial charge < -0.3 is 10.2 Å². The molecule has 4 heteroatoms. The molecule has 0 aliphatic heterocycles. The molecule has 0 spiro atoms. The van der Waals surface area contributed by atoms with E-state index in [2.05, 4.69) is 10.6 Å². The fraction of sp³-hybridized carbons (Fsp3) is 1.00. The van der Waals surface area contributed by atoms with E-state index in [4.69, 9.17) is 10.2 Å². The smallest absolute Gasteiger partial charge is 0.0943 e. The van der Waals surface area contributed by atoms with Crippen LogP contribution in [0.2, 0.25) is 0 Å². The van der Waals surface area contributed by atoms with Crippen LogP contribution in [0, 0.1) is 0 Å². The quantitative estimate of drug-likeness (QED) is 0.338. The lowest BCUT2D eigenvalue weighted by Gasteiger charge is -2.10. The summed E-state index contributed by atoms with van der Waals surface area (Å²) < 4.78 is 0. The van der Waals surface area contributed by atoms with Crippen LogP contribution in [0.5, 0.6) is 0 Å². The number of aliphatic hydroxyl groups excluding tert-OH is 2. The van der Waals surface area contributed by atoms with Crippen LogP contribution in [0.25, 0.3) is 0 Å². The van der Waals surface area contributed by atoms with E-state index in [0.29, 0.717) is 0 Å². The van der Waals surface area contributed by atoms with Crippen molar-refractivity contribution in [1.82, 2.24) is 10.6 Å². The van der Waals surface area contributed by atoms with Gasteiger partial charge in [-0.1, -0.05) is 0 Å². The van der Waals surface area contributed by atoms with Crippen LogP contribution in [0.1, 0.15) is 6.92 Å². The van der Waals surface area contributed by atoms with E-state index in [-0.39, 0.29) is 19.6 Å². The third kappa shape index (κ3) is 4.01. The fourth-order valence-corrected chi connectivity index (χ4v) is 0.346. The van der Waals surface area contributed by atoms with Gasteiger partial charge in [-0.3, -0.25) is 10.6 Å². The molecular weight excluding hydrogens is 108 g/mol. The van der Waals surface area contributed by atoms with E-state index in [1.165, 1.54) is 0 Å². The van der Waals surface area contributed by atoms with Crippen molar-refractivity contribution in [2.45, 2.75) is 13.1 Å². The van der Waals surface area contributed by atoms with Crippen LogP contribution in [0.3, 0.4) is 0 Å². The fourth-order valence-electron chi connectivity index (χ4n) is 0.346. The Morgan fingerprint density at radius 2 is 1.62 bits per heavy atom. The van der Waals surface area contributed by atoms with Gasteiger partial charge in [-0.2, -0.15) is 0 Å². The van der Waals surface area contributed by atoms with Gasteiger partial charge in [-0.15, -0.1) is 0 Å². The second-order valence-corrected chi connectivity index (χ2v) is 1.45. The second kappa shape index (κ2) is 4.99. The lowest BCUT2D eigenvalue weighted by Crippen LogP contribution is -2.40. The van der Waals surface area contributed by atoms with Gasteiger partial charge in [-0.05, 0) is 6.92 Å². The van der Waals surface area contributed by atoms with Crippen LogP contribution in [-0.2, 0) is 0 Å². The summed E-state index contributed by atoms with van der Waals surface area (Å²) in [6.45, 7) is 1.65. The van der Waals surface area contributed by atoms with E-state index in [9.17, 15) is 0 Å². The largest absolute Gasteiger partial charge is 0.381 e. The molecule has 0 radical (unpaired) electrons. The lowest BCUT2D eigenvalue weighted by molar-refractivity contribution is 0.195. The van der Waals surface area contributed by atoms with Crippen LogP contribution in [-0.4, -0.2) is 29.8 Å². The topological polar surface area (TPSA) is 64.5 Å². The average molecular weight is 120 g/mol. The predicted molar refractivity (Wildman–Crippen MR) is 29.9 cm³/mol. The Labute approximate surface area is 48.5 Å². The minimum Gasteiger partial charge on any atom is -0.381 e. The normalized spacial score (nSPS) is 10.5. The minimum atomic E-state index is -0.0752. The van der Waals surface area contributed by atoms with Gasteiger partial charge in [0.05, 0.1) is 19.6 Å². The van der Waals surface area contributed by atoms with Crippen molar-refractivity contribution in [1.29, 1.82) is 0 Å². The van der Waals surface area contributed by atoms with Crippen molar-refractivity contribution in [2.75, 3.05) is 13.5 Å². The van der Waals surface area contributed by atoms with Gasteiger partial charge in [-0.25, -0.2) is 0 Å². The van der Waals surface area contributed by atoms with Crippen molar-refractivity contribution < 1.29 is 10.2 Å². The van der Waals surface area contributed by atoms with Crippen molar-refractivity contribution >= 4 is 0 Å². The van der Waals surface area contributed by atoms with Gasteiger partial charge in [0, 0.05) is 0 Å². The molecule has 50 valence electrons. The third-order valence-electron chi connectivity index (χ3n) is 0.795. The predicted octanol–water partition coefficient (Wildman–Crippen LogP) is -1.59. The average Bonchev–Trinajstić information content (AvgIpc) is 1.68. The molecule has 4 N–H and O–H groups in total. The first-order chi connectivity index (χ1) is 3.81. The summed E-state index contributed by atoms with van der Waals surface area (Å²) in [5.74, 6) is 0. The first-order valence-electron chi connectivity index (χ1n) is 2.49. The van der Waals surface area contributed by atoms with Crippen molar-refractivity contribution in [2.24, 2.45) is 0 Å². The maximum atomic E-state index is 8.23. The number of hydrogen-bond donors (Lipinski definition) is 4. The highest BCUT2D eigenvalue weighted by Crippen LogP contribution is 1.67. The highest BCUT2D eigenvalue weighted by molar-refractivity contribution is 4.48. The molecule has 0 amide bonds. The van der Waals surface area contributed by atoms with Gasteiger partial charge >= 0.3 is 0 Å². The number of nitrogens with one attached hydrogen (secondary N) is 2. The molecule has 0 rings (SSSR count). The molecule has 0 aromatic rings. The maximum Gasteiger partial charge on any atom is 0.0943 e. The van der Waals surface area contributed by atoms with E-state index in [1.807, 2.05) is 0 Å². The number of rotatable bonds is 4.